The van der Waals surface area contributed by atoms with E-state index in [1.807, 2.05) is 18.2 Å². The van der Waals surface area contributed by atoms with Crippen LogP contribution in [0.2, 0.25) is 5.02 Å². The van der Waals surface area contributed by atoms with E-state index in [0.717, 1.165) is 6.26 Å². The second-order valence-electron chi connectivity index (χ2n) is 5.78. The molecule has 0 spiro atoms. The van der Waals surface area contributed by atoms with E-state index in [9.17, 15) is 13.2 Å². The highest BCUT2D eigenvalue weighted by Gasteiger charge is 2.17. The fourth-order valence-electron chi connectivity index (χ4n) is 2.37. The van der Waals surface area contributed by atoms with Crippen LogP contribution in [0.1, 0.15) is 10.4 Å². The van der Waals surface area contributed by atoms with Crippen molar-refractivity contribution in [2.75, 3.05) is 11.6 Å². The maximum absolute atomic E-state index is 12.7. The van der Waals surface area contributed by atoms with Crippen molar-refractivity contribution in [3.05, 3.63) is 83.4 Å². The van der Waals surface area contributed by atoms with Crippen LogP contribution < -0.4 is 10.1 Å². The molecule has 0 aliphatic carbocycles. The van der Waals surface area contributed by atoms with E-state index in [-0.39, 0.29) is 15.5 Å². The van der Waals surface area contributed by atoms with Gasteiger partial charge in [0.2, 0.25) is 0 Å². The van der Waals surface area contributed by atoms with Gasteiger partial charge in [0.05, 0.1) is 21.2 Å². The number of halogens is 1. The van der Waals surface area contributed by atoms with Crippen molar-refractivity contribution < 1.29 is 17.9 Å². The SMILES string of the molecule is CS(=O)(=O)c1ccc(Cl)c(C(=O)Nc2ccccc2Oc2ccccc2)c1. The number of para-hydroxylation sites is 3. The molecule has 0 heterocycles. The van der Waals surface area contributed by atoms with Gasteiger partial charge in [-0.2, -0.15) is 0 Å². The number of sulfone groups is 1. The maximum atomic E-state index is 12.7. The monoisotopic (exact) mass is 401 g/mol. The first kappa shape index (κ1) is 18.9. The molecule has 0 saturated carbocycles. The number of carbonyl (C=O) groups excluding carboxylic acids is 1. The molecule has 138 valence electrons. The van der Waals surface area contributed by atoms with Crippen molar-refractivity contribution in [1.29, 1.82) is 0 Å². The molecule has 5 nitrogen and oxygen atoms in total. The average molecular weight is 402 g/mol. The first-order valence-electron chi connectivity index (χ1n) is 7.97. The van der Waals surface area contributed by atoms with E-state index in [4.69, 9.17) is 16.3 Å². The molecule has 0 bridgehead atoms. The molecule has 0 atom stereocenters. The van der Waals surface area contributed by atoms with E-state index in [1.165, 1.54) is 18.2 Å². The van der Waals surface area contributed by atoms with Crippen LogP contribution in [0.4, 0.5) is 5.69 Å². The van der Waals surface area contributed by atoms with Crippen LogP contribution in [0, 0.1) is 0 Å². The number of rotatable bonds is 5. The molecule has 7 heteroatoms. The van der Waals surface area contributed by atoms with Crippen LogP contribution in [0.25, 0.3) is 0 Å². The van der Waals surface area contributed by atoms with Crippen molar-refractivity contribution in [1.82, 2.24) is 0 Å². The summed E-state index contributed by atoms with van der Waals surface area (Å²) in [6.45, 7) is 0. The molecule has 1 N–H and O–H groups in total. The quantitative estimate of drug-likeness (QED) is 0.667. The highest BCUT2D eigenvalue weighted by molar-refractivity contribution is 7.90. The molecule has 0 aliphatic rings. The zero-order valence-corrected chi connectivity index (χ0v) is 15.9. The molecule has 1 amide bonds. The molecular weight excluding hydrogens is 386 g/mol. The third-order valence-electron chi connectivity index (χ3n) is 3.72. The summed E-state index contributed by atoms with van der Waals surface area (Å²) in [6.07, 6.45) is 1.07. The van der Waals surface area contributed by atoms with E-state index < -0.39 is 15.7 Å². The van der Waals surface area contributed by atoms with Crippen molar-refractivity contribution in [2.24, 2.45) is 0 Å². The number of hydrogen-bond acceptors (Lipinski definition) is 4. The number of carbonyl (C=O) groups is 1. The van der Waals surface area contributed by atoms with Gasteiger partial charge < -0.3 is 10.1 Å². The summed E-state index contributed by atoms with van der Waals surface area (Å²) in [4.78, 5) is 12.7. The third kappa shape index (κ3) is 4.67. The van der Waals surface area contributed by atoms with E-state index in [1.54, 1.807) is 36.4 Å². The van der Waals surface area contributed by atoms with Gasteiger partial charge in [-0.3, -0.25) is 4.79 Å². The second kappa shape index (κ2) is 7.82. The van der Waals surface area contributed by atoms with Gasteiger partial charge in [-0.25, -0.2) is 8.42 Å². The van der Waals surface area contributed by atoms with Crippen LogP contribution in [-0.4, -0.2) is 20.6 Å². The minimum atomic E-state index is -3.46. The van der Waals surface area contributed by atoms with Crippen LogP contribution in [-0.2, 0) is 9.84 Å². The van der Waals surface area contributed by atoms with Crippen LogP contribution >= 0.6 is 11.6 Å². The Morgan fingerprint density at radius 2 is 1.63 bits per heavy atom. The lowest BCUT2D eigenvalue weighted by Crippen LogP contribution is -2.14. The van der Waals surface area contributed by atoms with Crippen molar-refractivity contribution >= 4 is 33.0 Å². The molecule has 0 unspecified atom stereocenters. The summed E-state index contributed by atoms with van der Waals surface area (Å²) in [5, 5.41) is 2.88. The summed E-state index contributed by atoms with van der Waals surface area (Å²) >= 11 is 6.09. The zero-order chi connectivity index (χ0) is 19.4. The number of anilines is 1. The fourth-order valence-corrected chi connectivity index (χ4v) is 3.22. The normalized spacial score (nSPS) is 11.0. The van der Waals surface area contributed by atoms with Gasteiger partial charge in [-0.1, -0.05) is 41.9 Å². The topological polar surface area (TPSA) is 72.5 Å². The highest BCUT2D eigenvalue weighted by Crippen LogP contribution is 2.30. The lowest BCUT2D eigenvalue weighted by Gasteiger charge is -2.13. The number of benzene rings is 3. The third-order valence-corrected chi connectivity index (χ3v) is 5.16. The van der Waals surface area contributed by atoms with Crippen molar-refractivity contribution in [2.45, 2.75) is 4.90 Å². The first-order chi connectivity index (χ1) is 12.8. The number of hydrogen-bond donors (Lipinski definition) is 1. The molecular formula is C20H16ClNO4S. The Morgan fingerprint density at radius 3 is 2.33 bits per heavy atom. The molecule has 27 heavy (non-hydrogen) atoms. The predicted octanol–water partition coefficient (Wildman–Crippen LogP) is 4.79. The second-order valence-corrected chi connectivity index (χ2v) is 8.20. The molecule has 3 aromatic carbocycles. The maximum Gasteiger partial charge on any atom is 0.257 e. The van der Waals surface area contributed by atoms with Gasteiger partial charge in [0.25, 0.3) is 5.91 Å². The van der Waals surface area contributed by atoms with E-state index in [0.29, 0.717) is 17.2 Å². The van der Waals surface area contributed by atoms with Gasteiger partial charge >= 0.3 is 0 Å². The Kier molecular flexibility index (Phi) is 5.48. The molecule has 3 aromatic rings. The molecule has 0 fully saturated rings. The Bertz CT molecular complexity index is 1080. The van der Waals surface area contributed by atoms with E-state index >= 15 is 0 Å². The number of nitrogens with one attached hydrogen (secondary N) is 1. The highest BCUT2D eigenvalue weighted by atomic mass is 35.5. The molecule has 3 rings (SSSR count). The summed E-state index contributed by atoms with van der Waals surface area (Å²) < 4.78 is 29.3. The minimum absolute atomic E-state index is 0.0193. The van der Waals surface area contributed by atoms with Crippen LogP contribution in [0.3, 0.4) is 0 Å². The van der Waals surface area contributed by atoms with Gasteiger partial charge in [-0.05, 0) is 42.5 Å². The summed E-state index contributed by atoms with van der Waals surface area (Å²) in [6, 6.07) is 20.1. The summed E-state index contributed by atoms with van der Waals surface area (Å²) in [5.41, 5.74) is 0.501. The lowest BCUT2D eigenvalue weighted by molar-refractivity contribution is 0.102. The molecule has 0 radical (unpaired) electrons. The van der Waals surface area contributed by atoms with Crippen LogP contribution in [0.15, 0.2) is 77.7 Å². The summed E-state index contributed by atoms with van der Waals surface area (Å²) in [7, 11) is -3.46. The Hall–Kier alpha value is -2.83. The van der Waals surface area contributed by atoms with Gasteiger partial charge in [0.1, 0.15) is 5.75 Å². The Morgan fingerprint density at radius 1 is 0.963 bits per heavy atom. The number of ether oxygens (including phenoxy) is 1. The fraction of sp³-hybridized carbons (Fsp3) is 0.0500. The average Bonchev–Trinajstić information content (AvgIpc) is 2.63. The van der Waals surface area contributed by atoms with Crippen molar-refractivity contribution in [3.8, 4) is 11.5 Å². The van der Waals surface area contributed by atoms with Crippen molar-refractivity contribution in [3.63, 3.8) is 0 Å². The van der Waals surface area contributed by atoms with E-state index in [2.05, 4.69) is 5.32 Å². The molecule has 0 aliphatic heterocycles. The Balaban J connectivity index is 1.89. The largest absolute Gasteiger partial charge is 0.455 e. The van der Waals surface area contributed by atoms with Gasteiger partial charge in [0, 0.05) is 6.26 Å². The van der Waals surface area contributed by atoms with Crippen LogP contribution in [0.5, 0.6) is 11.5 Å². The number of amides is 1. The molecule has 0 aromatic heterocycles. The standard InChI is InChI=1S/C20H16ClNO4S/c1-27(24,25)15-11-12-17(21)16(13-15)20(23)22-18-9-5-6-10-19(18)26-14-7-3-2-4-8-14/h2-13H,1H3,(H,22,23). The summed E-state index contributed by atoms with van der Waals surface area (Å²) in [5.74, 6) is 0.540. The first-order valence-corrected chi connectivity index (χ1v) is 10.2. The Labute approximate surface area is 162 Å². The molecule has 0 saturated heterocycles. The van der Waals surface area contributed by atoms with Gasteiger partial charge in [-0.15, -0.1) is 0 Å². The smallest absolute Gasteiger partial charge is 0.257 e. The predicted molar refractivity (Wildman–Crippen MR) is 105 cm³/mol. The minimum Gasteiger partial charge on any atom is -0.455 e. The van der Waals surface area contributed by atoms with Gasteiger partial charge in [0.15, 0.2) is 15.6 Å². The lowest BCUT2D eigenvalue weighted by atomic mass is 10.2. The zero-order valence-electron chi connectivity index (χ0n) is 14.3.